The van der Waals surface area contributed by atoms with Gasteiger partial charge in [0.25, 0.3) is 5.91 Å². The minimum Gasteiger partial charge on any atom is -0.497 e. The van der Waals surface area contributed by atoms with Crippen molar-refractivity contribution in [1.29, 1.82) is 0 Å². The third-order valence-corrected chi connectivity index (χ3v) is 4.57. The van der Waals surface area contributed by atoms with Gasteiger partial charge in [-0.25, -0.2) is 4.98 Å². The number of nitrogens with zero attached hydrogens (tertiary/aromatic N) is 4. The molecule has 0 unspecified atom stereocenters. The van der Waals surface area contributed by atoms with Gasteiger partial charge in [-0.15, -0.1) is 0 Å². The maximum Gasteiger partial charge on any atom is 0.289 e. The van der Waals surface area contributed by atoms with E-state index in [0.717, 1.165) is 11.4 Å². The van der Waals surface area contributed by atoms with Crippen LogP contribution in [0.25, 0.3) is 0 Å². The Bertz CT molecular complexity index is 937. The summed E-state index contributed by atoms with van der Waals surface area (Å²) in [6, 6.07) is 12.9. The maximum absolute atomic E-state index is 12.4. The fourth-order valence-electron chi connectivity index (χ4n) is 3.08. The van der Waals surface area contributed by atoms with Crippen molar-refractivity contribution in [3.63, 3.8) is 0 Å². The molecule has 2 aromatic heterocycles. The van der Waals surface area contributed by atoms with Gasteiger partial charge in [-0.2, -0.15) is 4.98 Å². The van der Waals surface area contributed by atoms with Gasteiger partial charge in [0.15, 0.2) is 5.76 Å². The van der Waals surface area contributed by atoms with Crippen molar-refractivity contribution in [2.75, 3.05) is 43.5 Å². The molecule has 3 heterocycles. The SMILES string of the molecule is COc1cccc(Nc2ccnc(N3CCN(C(=O)c4ccco4)CC3)n2)c1. The van der Waals surface area contributed by atoms with E-state index in [0.29, 0.717) is 43.7 Å². The van der Waals surface area contributed by atoms with E-state index in [1.54, 1.807) is 30.3 Å². The minimum absolute atomic E-state index is 0.0842. The highest BCUT2D eigenvalue weighted by molar-refractivity contribution is 5.91. The molecule has 1 fully saturated rings. The summed E-state index contributed by atoms with van der Waals surface area (Å²) in [6.07, 6.45) is 3.24. The Kier molecular flexibility index (Phi) is 5.09. The maximum atomic E-state index is 12.4. The molecule has 1 N–H and O–H groups in total. The predicted molar refractivity (Wildman–Crippen MR) is 105 cm³/mol. The van der Waals surface area contributed by atoms with Gasteiger partial charge < -0.3 is 24.3 Å². The number of furan rings is 1. The van der Waals surface area contributed by atoms with Crippen molar-refractivity contribution in [1.82, 2.24) is 14.9 Å². The van der Waals surface area contributed by atoms with Crippen molar-refractivity contribution in [2.45, 2.75) is 0 Å². The normalized spacial score (nSPS) is 14.0. The Morgan fingerprint density at radius 1 is 1.14 bits per heavy atom. The number of aromatic nitrogens is 2. The van der Waals surface area contributed by atoms with Crippen LogP contribution in [0.15, 0.2) is 59.3 Å². The highest BCUT2D eigenvalue weighted by Gasteiger charge is 2.24. The number of piperazine rings is 1. The number of carbonyl (C=O) groups excluding carboxylic acids is 1. The molecule has 1 aliphatic rings. The summed E-state index contributed by atoms with van der Waals surface area (Å²) < 4.78 is 10.4. The number of amides is 1. The van der Waals surface area contributed by atoms with Crippen LogP contribution in [0.1, 0.15) is 10.6 Å². The molecular weight excluding hydrogens is 358 g/mol. The lowest BCUT2D eigenvalue weighted by molar-refractivity contribution is 0.0714. The minimum atomic E-state index is -0.0842. The van der Waals surface area contributed by atoms with Gasteiger partial charge in [-0.3, -0.25) is 4.79 Å². The zero-order valence-corrected chi connectivity index (χ0v) is 15.5. The second-order valence-electron chi connectivity index (χ2n) is 6.36. The lowest BCUT2D eigenvalue weighted by Crippen LogP contribution is -2.49. The van der Waals surface area contributed by atoms with Crippen molar-refractivity contribution in [3.05, 3.63) is 60.7 Å². The van der Waals surface area contributed by atoms with E-state index in [1.165, 1.54) is 6.26 Å². The molecule has 28 heavy (non-hydrogen) atoms. The van der Waals surface area contributed by atoms with E-state index in [1.807, 2.05) is 30.3 Å². The fraction of sp³-hybridized carbons (Fsp3) is 0.250. The first-order chi connectivity index (χ1) is 13.7. The second-order valence-corrected chi connectivity index (χ2v) is 6.36. The molecule has 3 aromatic rings. The number of rotatable bonds is 5. The van der Waals surface area contributed by atoms with E-state index < -0.39 is 0 Å². The Morgan fingerprint density at radius 2 is 2.00 bits per heavy atom. The summed E-state index contributed by atoms with van der Waals surface area (Å²) in [4.78, 5) is 25.2. The number of carbonyl (C=O) groups is 1. The Hall–Kier alpha value is -3.55. The average Bonchev–Trinajstić information content (AvgIpc) is 3.29. The molecule has 1 aromatic carbocycles. The molecule has 144 valence electrons. The van der Waals surface area contributed by atoms with E-state index in [-0.39, 0.29) is 5.91 Å². The van der Waals surface area contributed by atoms with Gasteiger partial charge in [0.05, 0.1) is 13.4 Å². The molecule has 8 nitrogen and oxygen atoms in total. The predicted octanol–water partition coefficient (Wildman–Crippen LogP) is 2.78. The molecule has 4 rings (SSSR count). The van der Waals surface area contributed by atoms with Crippen LogP contribution in [0.5, 0.6) is 5.75 Å². The van der Waals surface area contributed by atoms with Gasteiger partial charge in [0.1, 0.15) is 11.6 Å². The third kappa shape index (κ3) is 3.90. The molecule has 1 aliphatic heterocycles. The number of hydrogen-bond donors (Lipinski definition) is 1. The van der Waals surface area contributed by atoms with Crippen molar-refractivity contribution >= 4 is 23.4 Å². The molecule has 0 radical (unpaired) electrons. The number of nitrogens with one attached hydrogen (secondary N) is 1. The molecule has 0 saturated carbocycles. The number of anilines is 3. The molecule has 0 bridgehead atoms. The van der Waals surface area contributed by atoms with Crippen LogP contribution in [0.3, 0.4) is 0 Å². The van der Waals surface area contributed by atoms with Crippen LogP contribution in [-0.4, -0.2) is 54.1 Å². The Balaban J connectivity index is 1.40. The summed E-state index contributed by atoms with van der Waals surface area (Å²) in [5.41, 5.74) is 0.887. The summed E-state index contributed by atoms with van der Waals surface area (Å²) in [5, 5.41) is 3.27. The van der Waals surface area contributed by atoms with Crippen molar-refractivity contribution < 1.29 is 13.9 Å². The van der Waals surface area contributed by atoms with E-state index in [9.17, 15) is 4.79 Å². The summed E-state index contributed by atoms with van der Waals surface area (Å²) in [7, 11) is 1.64. The fourth-order valence-corrected chi connectivity index (χ4v) is 3.08. The highest BCUT2D eigenvalue weighted by atomic mass is 16.5. The number of ether oxygens (including phenoxy) is 1. The molecule has 0 spiro atoms. The van der Waals surface area contributed by atoms with Crippen molar-refractivity contribution in [2.24, 2.45) is 0 Å². The van der Waals surface area contributed by atoms with Crippen LogP contribution in [0.2, 0.25) is 0 Å². The largest absolute Gasteiger partial charge is 0.497 e. The van der Waals surface area contributed by atoms with Gasteiger partial charge >= 0.3 is 0 Å². The lowest BCUT2D eigenvalue weighted by Gasteiger charge is -2.34. The van der Waals surface area contributed by atoms with E-state index >= 15 is 0 Å². The Labute approximate surface area is 162 Å². The van der Waals surface area contributed by atoms with Gasteiger partial charge in [0, 0.05) is 44.1 Å². The molecule has 0 aliphatic carbocycles. The van der Waals surface area contributed by atoms with Gasteiger partial charge in [-0.05, 0) is 30.3 Å². The van der Waals surface area contributed by atoms with Gasteiger partial charge in [-0.1, -0.05) is 6.07 Å². The first-order valence-corrected chi connectivity index (χ1v) is 9.05. The number of hydrogen-bond acceptors (Lipinski definition) is 7. The first kappa shape index (κ1) is 17.8. The first-order valence-electron chi connectivity index (χ1n) is 9.05. The molecule has 8 heteroatoms. The molecule has 1 saturated heterocycles. The van der Waals surface area contributed by atoms with Gasteiger partial charge in [0.2, 0.25) is 5.95 Å². The number of benzene rings is 1. The molecular formula is C20H21N5O3. The third-order valence-electron chi connectivity index (χ3n) is 4.57. The van der Waals surface area contributed by atoms with Crippen LogP contribution in [0.4, 0.5) is 17.5 Å². The van der Waals surface area contributed by atoms with Crippen molar-refractivity contribution in [3.8, 4) is 5.75 Å². The smallest absolute Gasteiger partial charge is 0.289 e. The zero-order chi connectivity index (χ0) is 19.3. The van der Waals surface area contributed by atoms with E-state index in [4.69, 9.17) is 9.15 Å². The van der Waals surface area contributed by atoms with Crippen LogP contribution >= 0.6 is 0 Å². The summed E-state index contributed by atoms with van der Waals surface area (Å²) in [5.74, 6) is 2.40. The van der Waals surface area contributed by atoms with Crippen LogP contribution < -0.4 is 15.0 Å². The quantitative estimate of drug-likeness (QED) is 0.730. The van der Waals surface area contributed by atoms with E-state index in [2.05, 4.69) is 20.2 Å². The Morgan fingerprint density at radius 3 is 2.75 bits per heavy atom. The molecule has 0 atom stereocenters. The van der Waals surface area contributed by atoms with Crippen LogP contribution in [0, 0.1) is 0 Å². The highest BCUT2D eigenvalue weighted by Crippen LogP contribution is 2.21. The number of methoxy groups -OCH3 is 1. The summed E-state index contributed by atoms with van der Waals surface area (Å²) in [6.45, 7) is 2.51. The monoisotopic (exact) mass is 379 g/mol. The lowest BCUT2D eigenvalue weighted by atomic mass is 10.3. The average molecular weight is 379 g/mol. The zero-order valence-electron chi connectivity index (χ0n) is 15.5. The van der Waals surface area contributed by atoms with Crippen LogP contribution in [-0.2, 0) is 0 Å². The topological polar surface area (TPSA) is 83.7 Å². The second kappa shape index (κ2) is 7.99. The standard InChI is InChI=1S/C20H21N5O3/c1-27-16-5-2-4-15(14-16)22-18-7-8-21-20(23-18)25-11-9-24(10-12-25)19(26)17-6-3-13-28-17/h2-8,13-14H,9-12H2,1H3,(H,21,22,23). The summed E-state index contributed by atoms with van der Waals surface area (Å²) >= 11 is 0. The molecule has 1 amide bonds.